The van der Waals surface area contributed by atoms with Crippen LogP contribution in [0.2, 0.25) is 0 Å². The number of carbonyl (C=O) groups is 1. The number of rotatable bonds is 5. The molecule has 2 aromatic rings. The zero-order chi connectivity index (χ0) is 17.6. The molecule has 0 radical (unpaired) electrons. The van der Waals surface area contributed by atoms with E-state index in [1.54, 1.807) is 24.9 Å². The summed E-state index contributed by atoms with van der Waals surface area (Å²) in [6.45, 7) is 0.0911. The highest BCUT2D eigenvalue weighted by atomic mass is 32.2. The van der Waals surface area contributed by atoms with Gasteiger partial charge in [0.1, 0.15) is 11.6 Å². The van der Waals surface area contributed by atoms with Gasteiger partial charge in [-0.3, -0.25) is 4.79 Å². The smallest absolute Gasteiger partial charge is 0.259 e. The molecule has 3 rings (SSSR count). The second-order valence-electron chi connectivity index (χ2n) is 5.41. The topological polar surface area (TPSA) is 62.7 Å². The van der Waals surface area contributed by atoms with Crippen LogP contribution in [0, 0.1) is 5.82 Å². The van der Waals surface area contributed by atoms with Crippen molar-refractivity contribution in [2.24, 2.45) is 5.10 Å². The predicted molar refractivity (Wildman–Crippen MR) is 97.9 cm³/mol. The number of ether oxygens (including phenoxy) is 1. The van der Waals surface area contributed by atoms with Gasteiger partial charge >= 0.3 is 0 Å². The van der Waals surface area contributed by atoms with E-state index in [1.807, 2.05) is 24.3 Å². The number of hydrogen-bond acceptors (Lipinski definition) is 5. The van der Waals surface area contributed by atoms with Crippen molar-refractivity contribution < 1.29 is 13.9 Å². The largest absolute Gasteiger partial charge is 0.497 e. The van der Waals surface area contributed by atoms with E-state index in [9.17, 15) is 9.18 Å². The van der Waals surface area contributed by atoms with Gasteiger partial charge in [0.05, 0.1) is 19.4 Å². The van der Waals surface area contributed by atoms with Gasteiger partial charge in [0.15, 0.2) is 0 Å². The molecule has 0 spiro atoms. The Kier molecular flexibility index (Phi) is 5.55. The monoisotopic (exact) mass is 359 g/mol. The lowest BCUT2D eigenvalue weighted by molar-refractivity contribution is -0.119. The second-order valence-corrected chi connectivity index (χ2v) is 6.55. The molecule has 0 saturated carbocycles. The zero-order valence-corrected chi connectivity index (χ0v) is 14.5. The minimum atomic E-state index is -0.304. The van der Waals surface area contributed by atoms with Crippen LogP contribution >= 0.6 is 11.8 Å². The standard InChI is InChI=1S/C18H18FN3O2S/c1-24-14-5-3-13(4-6-14)20-11-18(23)22-21-16-8-9-25-17-7-2-12(19)10-15(16)17/h2-7,10,20H,8-9,11H2,1H3,(H,22,23)/b21-16-. The Balaban J connectivity index is 1.58. The first kappa shape index (κ1) is 17.3. The highest BCUT2D eigenvalue weighted by Crippen LogP contribution is 2.30. The number of amides is 1. The summed E-state index contributed by atoms with van der Waals surface area (Å²) in [4.78, 5) is 13.0. The van der Waals surface area contributed by atoms with Crippen LogP contribution in [-0.2, 0) is 4.79 Å². The number of anilines is 1. The third kappa shape index (κ3) is 4.51. The molecular formula is C18H18FN3O2S. The van der Waals surface area contributed by atoms with E-state index in [2.05, 4.69) is 15.8 Å². The molecule has 0 aromatic heterocycles. The predicted octanol–water partition coefficient (Wildman–Crippen LogP) is 3.26. The third-order valence-electron chi connectivity index (χ3n) is 3.71. The molecule has 1 heterocycles. The van der Waals surface area contributed by atoms with Crippen molar-refractivity contribution in [1.29, 1.82) is 0 Å². The fourth-order valence-electron chi connectivity index (χ4n) is 2.42. The van der Waals surface area contributed by atoms with E-state index in [0.29, 0.717) is 12.1 Å². The van der Waals surface area contributed by atoms with E-state index in [4.69, 9.17) is 4.74 Å². The molecule has 130 valence electrons. The molecule has 2 N–H and O–H groups in total. The van der Waals surface area contributed by atoms with Gasteiger partial charge < -0.3 is 10.1 Å². The Bertz CT molecular complexity index is 793. The molecule has 0 bridgehead atoms. The number of hydrogen-bond donors (Lipinski definition) is 2. The minimum Gasteiger partial charge on any atom is -0.497 e. The summed E-state index contributed by atoms with van der Waals surface area (Å²) < 4.78 is 18.5. The molecule has 2 aromatic carbocycles. The van der Waals surface area contributed by atoms with E-state index < -0.39 is 0 Å². The maximum absolute atomic E-state index is 13.5. The van der Waals surface area contributed by atoms with Crippen LogP contribution in [0.5, 0.6) is 5.75 Å². The molecule has 5 nitrogen and oxygen atoms in total. The SMILES string of the molecule is COc1ccc(NCC(=O)N/N=C2/CCSc3ccc(F)cc32)cc1. The normalized spacial score (nSPS) is 14.7. The number of fused-ring (bicyclic) bond motifs is 1. The Morgan fingerprint density at radius 2 is 2.08 bits per heavy atom. The number of hydrazone groups is 1. The highest BCUT2D eigenvalue weighted by Gasteiger charge is 2.17. The first-order valence-electron chi connectivity index (χ1n) is 7.82. The quantitative estimate of drug-likeness (QED) is 0.805. The molecule has 7 heteroatoms. The first-order chi connectivity index (χ1) is 12.2. The van der Waals surface area contributed by atoms with Crippen molar-refractivity contribution in [3.8, 4) is 5.75 Å². The van der Waals surface area contributed by atoms with E-state index in [-0.39, 0.29) is 18.3 Å². The van der Waals surface area contributed by atoms with Crippen LogP contribution in [-0.4, -0.2) is 31.0 Å². The van der Waals surface area contributed by atoms with Crippen LogP contribution in [0.15, 0.2) is 52.5 Å². The number of thioether (sulfide) groups is 1. The molecule has 0 saturated heterocycles. The molecule has 1 amide bonds. The van der Waals surface area contributed by atoms with E-state index in [0.717, 1.165) is 27.6 Å². The van der Waals surface area contributed by atoms with Gasteiger partial charge in [-0.05, 0) is 42.5 Å². The van der Waals surface area contributed by atoms with Crippen molar-refractivity contribution >= 4 is 29.1 Å². The van der Waals surface area contributed by atoms with E-state index >= 15 is 0 Å². The fraction of sp³-hybridized carbons (Fsp3) is 0.222. The molecule has 0 fully saturated rings. The lowest BCUT2D eigenvalue weighted by atomic mass is 10.1. The third-order valence-corrected chi connectivity index (χ3v) is 4.78. The van der Waals surface area contributed by atoms with E-state index in [1.165, 1.54) is 12.1 Å². The number of halogens is 1. The van der Waals surface area contributed by atoms with Gasteiger partial charge in [-0.15, -0.1) is 11.8 Å². The van der Waals surface area contributed by atoms with Crippen LogP contribution in [0.4, 0.5) is 10.1 Å². The van der Waals surface area contributed by atoms with Crippen LogP contribution in [0.25, 0.3) is 0 Å². The Labute approximate surface area is 149 Å². The summed E-state index contributed by atoms with van der Waals surface area (Å²) in [6, 6.07) is 11.9. The first-order valence-corrected chi connectivity index (χ1v) is 8.80. The Morgan fingerprint density at radius 1 is 1.28 bits per heavy atom. The van der Waals surface area contributed by atoms with Crippen molar-refractivity contribution in [3.05, 3.63) is 53.8 Å². The highest BCUT2D eigenvalue weighted by molar-refractivity contribution is 7.99. The number of carbonyl (C=O) groups excluding carboxylic acids is 1. The van der Waals surface area contributed by atoms with Crippen LogP contribution in [0.1, 0.15) is 12.0 Å². The van der Waals surface area contributed by atoms with Gasteiger partial charge in [-0.25, -0.2) is 9.82 Å². The number of methoxy groups -OCH3 is 1. The van der Waals surface area contributed by atoms with Gasteiger partial charge in [0, 0.05) is 28.3 Å². The summed E-state index contributed by atoms with van der Waals surface area (Å²) in [7, 11) is 1.60. The van der Waals surface area contributed by atoms with Crippen LogP contribution < -0.4 is 15.5 Å². The lowest BCUT2D eigenvalue weighted by Gasteiger charge is -2.17. The number of nitrogens with zero attached hydrogens (tertiary/aromatic N) is 1. The molecule has 0 unspecified atom stereocenters. The van der Waals surface area contributed by atoms with Crippen molar-refractivity contribution in [2.75, 3.05) is 24.7 Å². The van der Waals surface area contributed by atoms with Crippen molar-refractivity contribution in [3.63, 3.8) is 0 Å². The zero-order valence-electron chi connectivity index (χ0n) is 13.7. The summed E-state index contributed by atoms with van der Waals surface area (Å²) in [5.41, 5.74) is 4.80. The maximum atomic E-state index is 13.5. The van der Waals surface area contributed by atoms with Gasteiger partial charge in [-0.2, -0.15) is 5.10 Å². The summed E-state index contributed by atoms with van der Waals surface area (Å²) in [5, 5.41) is 7.19. The second kappa shape index (κ2) is 8.02. The molecule has 0 aliphatic carbocycles. The van der Waals surface area contributed by atoms with Gasteiger partial charge in [0.25, 0.3) is 5.91 Å². The average molecular weight is 359 g/mol. The number of nitrogens with one attached hydrogen (secondary N) is 2. The molecule has 1 aliphatic heterocycles. The molecule has 25 heavy (non-hydrogen) atoms. The molecular weight excluding hydrogens is 341 g/mol. The number of benzene rings is 2. The average Bonchev–Trinajstić information content (AvgIpc) is 2.65. The van der Waals surface area contributed by atoms with Crippen LogP contribution in [0.3, 0.4) is 0 Å². The lowest BCUT2D eigenvalue weighted by Crippen LogP contribution is -2.27. The molecule has 0 atom stereocenters. The summed E-state index contributed by atoms with van der Waals surface area (Å²) >= 11 is 1.66. The van der Waals surface area contributed by atoms with Gasteiger partial charge in [-0.1, -0.05) is 0 Å². The summed E-state index contributed by atoms with van der Waals surface area (Å²) in [6.07, 6.45) is 0.688. The van der Waals surface area contributed by atoms with Crippen molar-refractivity contribution in [2.45, 2.75) is 11.3 Å². The molecule has 1 aliphatic rings. The van der Waals surface area contributed by atoms with Gasteiger partial charge in [0.2, 0.25) is 0 Å². The fourth-order valence-corrected chi connectivity index (χ4v) is 3.43. The Hall–Kier alpha value is -2.54. The van der Waals surface area contributed by atoms with Crippen molar-refractivity contribution in [1.82, 2.24) is 5.43 Å². The summed E-state index contributed by atoms with van der Waals surface area (Å²) in [5.74, 6) is 1.04. The maximum Gasteiger partial charge on any atom is 0.259 e. The minimum absolute atomic E-state index is 0.0911. The Morgan fingerprint density at radius 3 is 2.84 bits per heavy atom.